The average Bonchev–Trinajstić information content (AvgIpc) is 2.74. The topological polar surface area (TPSA) is 66.9 Å². The fraction of sp³-hybridized carbons (Fsp3) is 0.409. The third-order valence-electron chi connectivity index (χ3n) is 5.82. The van der Waals surface area contributed by atoms with Crippen molar-refractivity contribution in [1.82, 2.24) is 4.31 Å². The summed E-state index contributed by atoms with van der Waals surface area (Å²) in [5.41, 5.74) is 2.76. The van der Waals surface area contributed by atoms with Gasteiger partial charge in [0.25, 0.3) is 0 Å². The summed E-state index contributed by atoms with van der Waals surface area (Å²) in [5.74, 6) is 0.347. The summed E-state index contributed by atoms with van der Waals surface area (Å²) in [6.45, 7) is 5.06. The number of fused-ring (bicyclic) bond motifs is 1. The van der Waals surface area contributed by atoms with Crippen molar-refractivity contribution in [3.05, 3.63) is 58.6 Å². The van der Waals surface area contributed by atoms with Crippen LogP contribution >= 0.6 is 11.6 Å². The lowest BCUT2D eigenvalue weighted by Crippen LogP contribution is -2.50. The van der Waals surface area contributed by atoms with E-state index in [4.69, 9.17) is 16.3 Å². The lowest BCUT2D eigenvalue weighted by Gasteiger charge is -2.39. The maximum absolute atomic E-state index is 13.1. The van der Waals surface area contributed by atoms with E-state index in [1.54, 1.807) is 29.2 Å². The first-order chi connectivity index (χ1) is 14.3. The fourth-order valence-corrected chi connectivity index (χ4v) is 5.74. The molecule has 0 atom stereocenters. The van der Waals surface area contributed by atoms with Crippen molar-refractivity contribution in [3.8, 4) is 0 Å². The molecule has 0 unspecified atom stereocenters. The molecule has 4 rings (SSSR count). The minimum Gasteiger partial charge on any atom is -0.444 e. The molecule has 1 fully saturated rings. The smallest absolute Gasteiger partial charge is 0.414 e. The number of amides is 1. The van der Waals surface area contributed by atoms with Crippen molar-refractivity contribution in [1.29, 1.82) is 0 Å². The first-order valence-electron chi connectivity index (χ1n) is 10.1. The molecule has 160 valence electrons. The maximum atomic E-state index is 13.1. The molecule has 0 spiro atoms. The van der Waals surface area contributed by atoms with Gasteiger partial charge in [-0.15, -0.1) is 0 Å². The molecular weight excluding hydrogens is 424 g/mol. The number of halogens is 1. The number of carbonyl (C=O) groups is 1. The van der Waals surface area contributed by atoms with Crippen LogP contribution < -0.4 is 4.90 Å². The highest BCUT2D eigenvalue weighted by atomic mass is 35.5. The first kappa shape index (κ1) is 21.2. The highest BCUT2D eigenvalue weighted by Crippen LogP contribution is 2.34. The van der Waals surface area contributed by atoms with E-state index in [-0.39, 0.29) is 12.6 Å². The summed E-state index contributed by atoms with van der Waals surface area (Å²) in [4.78, 5) is 14.4. The fourth-order valence-electron chi connectivity index (χ4n) is 4.07. The van der Waals surface area contributed by atoms with E-state index < -0.39 is 16.1 Å². The molecule has 2 aliphatic rings. The molecular formula is C22H25ClN2O4S. The van der Waals surface area contributed by atoms with Gasteiger partial charge in [0.15, 0.2) is 0 Å². The number of sulfonamides is 1. The van der Waals surface area contributed by atoms with Crippen molar-refractivity contribution in [2.24, 2.45) is 0 Å². The minimum atomic E-state index is -3.56. The van der Waals surface area contributed by atoms with Gasteiger partial charge in [-0.05, 0) is 54.7 Å². The van der Waals surface area contributed by atoms with Gasteiger partial charge < -0.3 is 4.74 Å². The van der Waals surface area contributed by atoms with Crippen LogP contribution in [0, 0.1) is 0 Å². The number of benzene rings is 2. The number of piperidine rings is 1. The quantitative estimate of drug-likeness (QED) is 0.675. The SMILES string of the molecule is CC(C)c1ccc(S(=O)(=O)N2CCC(N3C(=O)OCc4cc(Cl)ccc43)CC2)cc1. The van der Waals surface area contributed by atoms with Crippen LogP contribution in [0.25, 0.3) is 0 Å². The number of carbonyl (C=O) groups excluding carboxylic acids is 1. The van der Waals surface area contributed by atoms with E-state index in [9.17, 15) is 13.2 Å². The number of nitrogens with zero attached hydrogens (tertiary/aromatic N) is 2. The Balaban J connectivity index is 1.49. The Kier molecular flexibility index (Phi) is 5.79. The Labute approximate surface area is 182 Å². The molecule has 0 aliphatic carbocycles. The van der Waals surface area contributed by atoms with Crippen LogP contribution in [-0.2, 0) is 21.4 Å². The van der Waals surface area contributed by atoms with E-state index in [0.29, 0.717) is 41.8 Å². The number of hydrogen-bond acceptors (Lipinski definition) is 4. The van der Waals surface area contributed by atoms with Crippen LogP contribution in [0.1, 0.15) is 43.7 Å². The summed E-state index contributed by atoms with van der Waals surface area (Å²) < 4.78 is 32.9. The molecule has 0 saturated carbocycles. The molecule has 30 heavy (non-hydrogen) atoms. The lowest BCUT2D eigenvalue weighted by molar-refractivity contribution is 0.136. The molecule has 6 nitrogen and oxygen atoms in total. The van der Waals surface area contributed by atoms with Gasteiger partial charge in [0.2, 0.25) is 10.0 Å². The minimum absolute atomic E-state index is 0.118. The van der Waals surface area contributed by atoms with Gasteiger partial charge in [-0.1, -0.05) is 37.6 Å². The lowest BCUT2D eigenvalue weighted by atomic mass is 10.0. The second-order valence-corrected chi connectivity index (χ2v) is 10.4. The Hall–Kier alpha value is -2.09. The van der Waals surface area contributed by atoms with Crippen LogP contribution in [-0.4, -0.2) is 37.9 Å². The van der Waals surface area contributed by atoms with Crippen molar-refractivity contribution >= 4 is 33.4 Å². The van der Waals surface area contributed by atoms with E-state index in [2.05, 4.69) is 13.8 Å². The molecule has 1 saturated heterocycles. The normalized spacial score (nSPS) is 18.4. The number of anilines is 1. The molecule has 2 heterocycles. The second kappa shape index (κ2) is 8.21. The summed E-state index contributed by atoms with van der Waals surface area (Å²) >= 11 is 6.07. The van der Waals surface area contributed by atoms with Gasteiger partial charge in [-0.3, -0.25) is 4.90 Å². The number of hydrogen-bond donors (Lipinski definition) is 0. The predicted molar refractivity (Wildman–Crippen MR) is 116 cm³/mol. The largest absolute Gasteiger partial charge is 0.444 e. The third kappa shape index (κ3) is 3.94. The zero-order valence-corrected chi connectivity index (χ0v) is 18.6. The Morgan fingerprint density at radius 3 is 2.37 bits per heavy atom. The van der Waals surface area contributed by atoms with Gasteiger partial charge in [0.1, 0.15) is 6.61 Å². The van der Waals surface area contributed by atoms with Crippen molar-refractivity contribution in [2.45, 2.75) is 50.2 Å². The second-order valence-electron chi connectivity index (χ2n) is 8.06. The van der Waals surface area contributed by atoms with Crippen LogP contribution in [0.5, 0.6) is 0 Å². The standard InChI is InChI=1S/C22H25ClN2O4S/c1-15(2)16-3-6-20(7-4-16)30(27,28)24-11-9-19(10-12-24)25-21-8-5-18(23)13-17(21)14-29-22(25)26/h3-8,13,15,19H,9-12,14H2,1-2H3. The molecule has 0 bridgehead atoms. The van der Waals surface area contributed by atoms with Crippen LogP contribution in [0.4, 0.5) is 10.5 Å². The maximum Gasteiger partial charge on any atom is 0.414 e. The third-order valence-corrected chi connectivity index (χ3v) is 7.97. The van der Waals surface area contributed by atoms with E-state index in [0.717, 1.165) is 16.8 Å². The Morgan fingerprint density at radius 1 is 1.07 bits per heavy atom. The molecule has 2 aromatic carbocycles. The molecule has 0 N–H and O–H groups in total. The molecule has 0 aromatic heterocycles. The number of rotatable bonds is 4. The zero-order valence-electron chi connectivity index (χ0n) is 17.0. The number of cyclic esters (lactones) is 1. The van der Waals surface area contributed by atoms with E-state index >= 15 is 0 Å². The summed E-state index contributed by atoms with van der Waals surface area (Å²) in [6.07, 6.45) is 0.691. The van der Waals surface area contributed by atoms with Crippen LogP contribution in [0.2, 0.25) is 5.02 Å². The Morgan fingerprint density at radius 2 is 1.73 bits per heavy atom. The van der Waals surface area contributed by atoms with Gasteiger partial charge in [-0.25, -0.2) is 13.2 Å². The summed E-state index contributed by atoms with van der Waals surface area (Å²) in [6, 6.07) is 12.4. The average molecular weight is 449 g/mol. The van der Waals surface area contributed by atoms with Gasteiger partial charge in [0.05, 0.1) is 10.6 Å². The van der Waals surface area contributed by atoms with Gasteiger partial charge in [0, 0.05) is 29.7 Å². The van der Waals surface area contributed by atoms with E-state index in [1.807, 2.05) is 18.2 Å². The van der Waals surface area contributed by atoms with Crippen LogP contribution in [0.3, 0.4) is 0 Å². The van der Waals surface area contributed by atoms with Gasteiger partial charge in [-0.2, -0.15) is 4.31 Å². The Bertz CT molecular complexity index is 1050. The van der Waals surface area contributed by atoms with Crippen molar-refractivity contribution in [3.63, 3.8) is 0 Å². The zero-order chi connectivity index (χ0) is 21.5. The summed E-state index contributed by atoms with van der Waals surface area (Å²) in [5, 5.41) is 0.594. The highest BCUT2D eigenvalue weighted by Gasteiger charge is 2.37. The highest BCUT2D eigenvalue weighted by molar-refractivity contribution is 7.89. The van der Waals surface area contributed by atoms with E-state index in [1.165, 1.54) is 4.31 Å². The molecule has 0 radical (unpaired) electrons. The van der Waals surface area contributed by atoms with Crippen molar-refractivity contribution in [2.75, 3.05) is 18.0 Å². The molecule has 8 heteroatoms. The van der Waals surface area contributed by atoms with Gasteiger partial charge >= 0.3 is 6.09 Å². The molecule has 2 aromatic rings. The predicted octanol–water partition coefficient (Wildman–Crippen LogP) is 4.77. The first-order valence-corrected chi connectivity index (χ1v) is 11.9. The number of ether oxygens (including phenoxy) is 1. The monoisotopic (exact) mass is 448 g/mol. The van der Waals surface area contributed by atoms with Crippen LogP contribution in [0.15, 0.2) is 47.4 Å². The molecule has 2 aliphatic heterocycles. The summed E-state index contributed by atoms with van der Waals surface area (Å²) in [7, 11) is -3.56. The molecule has 1 amide bonds. The van der Waals surface area contributed by atoms with Crippen molar-refractivity contribution < 1.29 is 17.9 Å².